The number of ether oxygens (including phenoxy) is 4. The van der Waals surface area contributed by atoms with E-state index >= 15 is 0 Å². The predicted molar refractivity (Wildman–Crippen MR) is 106 cm³/mol. The highest BCUT2D eigenvalue weighted by atomic mass is 32.1. The number of methoxy groups -OCH3 is 3. The number of rotatable bonds is 7. The lowest BCUT2D eigenvalue weighted by Crippen LogP contribution is -2.56. The second-order valence-electron chi connectivity index (χ2n) is 6.33. The quantitative estimate of drug-likeness (QED) is 0.632. The summed E-state index contributed by atoms with van der Waals surface area (Å²) >= 11 is 1.43. The highest BCUT2D eigenvalue weighted by Gasteiger charge is 2.34. The minimum atomic E-state index is -0.129. The third-order valence-corrected chi connectivity index (χ3v) is 5.24. The van der Waals surface area contributed by atoms with Gasteiger partial charge >= 0.3 is 0 Å². The summed E-state index contributed by atoms with van der Waals surface area (Å²) in [5, 5.41) is 9.55. The van der Waals surface area contributed by atoms with Crippen molar-refractivity contribution in [3.63, 3.8) is 0 Å². The van der Waals surface area contributed by atoms with E-state index in [4.69, 9.17) is 18.9 Å². The van der Waals surface area contributed by atoms with Crippen LogP contribution in [0.1, 0.15) is 10.5 Å². The van der Waals surface area contributed by atoms with Crippen LogP contribution in [0.4, 0.5) is 0 Å². The number of nitrogens with one attached hydrogen (secondary N) is 1. The predicted octanol–water partition coefficient (Wildman–Crippen LogP) is 2.46. The molecule has 0 spiro atoms. The Morgan fingerprint density at radius 3 is 2.45 bits per heavy atom. The average molecular weight is 416 g/mol. The zero-order valence-electron chi connectivity index (χ0n) is 16.2. The maximum Gasteiger partial charge on any atom is 0.273 e. The van der Waals surface area contributed by atoms with Gasteiger partial charge < -0.3 is 23.8 Å². The van der Waals surface area contributed by atoms with Crippen LogP contribution >= 0.6 is 11.3 Å². The number of hydrogen-bond acceptors (Lipinski definition) is 8. The molecule has 1 saturated heterocycles. The minimum absolute atomic E-state index is 0.0393. The fourth-order valence-electron chi connectivity index (χ4n) is 3.07. The van der Waals surface area contributed by atoms with E-state index in [0.29, 0.717) is 46.9 Å². The summed E-state index contributed by atoms with van der Waals surface area (Å²) in [5.41, 5.74) is 1.74. The molecule has 1 N–H and O–H groups in total. The van der Waals surface area contributed by atoms with E-state index in [9.17, 15) is 4.79 Å². The number of aromatic amines is 1. The van der Waals surface area contributed by atoms with Gasteiger partial charge in [0.25, 0.3) is 11.1 Å². The molecule has 1 fully saturated rings. The second kappa shape index (κ2) is 8.00. The first kappa shape index (κ1) is 19.1. The van der Waals surface area contributed by atoms with E-state index in [1.807, 2.05) is 5.38 Å². The van der Waals surface area contributed by atoms with E-state index in [1.165, 1.54) is 11.3 Å². The molecule has 2 aromatic heterocycles. The number of likely N-dealkylation sites (tertiary alicyclic amines) is 1. The molecule has 0 radical (unpaired) electrons. The van der Waals surface area contributed by atoms with Crippen LogP contribution in [0.5, 0.6) is 22.4 Å². The summed E-state index contributed by atoms with van der Waals surface area (Å²) < 4.78 is 21.8. The fourth-order valence-corrected chi connectivity index (χ4v) is 3.62. The molecule has 9 nitrogen and oxygen atoms in total. The molecular weight excluding hydrogens is 396 g/mol. The van der Waals surface area contributed by atoms with Gasteiger partial charge in [-0.15, -0.1) is 0 Å². The lowest BCUT2D eigenvalue weighted by atomic mass is 10.1. The van der Waals surface area contributed by atoms with E-state index < -0.39 is 0 Å². The largest absolute Gasteiger partial charge is 0.493 e. The van der Waals surface area contributed by atoms with Crippen molar-refractivity contribution in [3.05, 3.63) is 35.5 Å². The van der Waals surface area contributed by atoms with Crippen LogP contribution in [-0.4, -0.2) is 66.5 Å². The number of aromatic nitrogens is 3. The third-order valence-electron chi connectivity index (χ3n) is 4.58. The van der Waals surface area contributed by atoms with Gasteiger partial charge in [0.2, 0.25) is 5.75 Å². The number of thiazole rings is 1. The maximum atomic E-state index is 12.7. The van der Waals surface area contributed by atoms with Crippen molar-refractivity contribution in [2.45, 2.75) is 6.10 Å². The second-order valence-corrected chi connectivity index (χ2v) is 7.19. The summed E-state index contributed by atoms with van der Waals surface area (Å²) in [7, 11) is 4.65. The smallest absolute Gasteiger partial charge is 0.273 e. The van der Waals surface area contributed by atoms with Crippen LogP contribution in [0.2, 0.25) is 0 Å². The number of benzene rings is 1. The molecule has 1 aliphatic rings. The number of nitrogens with zero attached hydrogens (tertiary/aromatic N) is 3. The molecule has 0 unspecified atom stereocenters. The number of H-pyrrole nitrogens is 1. The van der Waals surface area contributed by atoms with Gasteiger partial charge in [0.05, 0.1) is 40.1 Å². The van der Waals surface area contributed by atoms with Crippen molar-refractivity contribution in [2.75, 3.05) is 34.4 Å². The first-order chi connectivity index (χ1) is 14.1. The molecule has 0 saturated carbocycles. The lowest BCUT2D eigenvalue weighted by Gasteiger charge is -2.37. The van der Waals surface area contributed by atoms with E-state index in [2.05, 4.69) is 15.2 Å². The highest BCUT2D eigenvalue weighted by molar-refractivity contribution is 7.11. The number of hydrogen-bond donors (Lipinski definition) is 1. The normalized spacial score (nSPS) is 13.7. The van der Waals surface area contributed by atoms with E-state index in [1.54, 1.807) is 50.6 Å². The van der Waals surface area contributed by atoms with Crippen molar-refractivity contribution in [1.29, 1.82) is 0 Å². The third kappa shape index (κ3) is 3.70. The van der Waals surface area contributed by atoms with Gasteiger partial charge in [-0.05, 0) is 18.2 Å². The van der Waals surface area contributed by atoms with E-state index in [0.717, 1.165) is 5.56 Å². The Labute approximate surface area is 171 Å². The van der Waals surface area contributed by atoms with Gasteiger partial charge in [-0.3, -0.25) is 9.89 Å². The van der Waals surface area contributed by atoms with Crippen molar-refractivity contribution in [3.8, 4) is 33.7 Å². The Hall–Kier alpha value is -3.27. The molecule has 0 atom stereocenters. The highest BCUT2D eigenvalue weighted by Crippen LogP contribution is 2.40. The molecule has 29 heavy (non-hydrogen) atoms. The summed E-state index contributed by atoms with van der Waals surface area (Å²) in [4.78, 5) is 18.5. The molecule has 0 bridgehead atoms. The summed E-state index contributed by atoms with van der Waals surface area (Å²) in [6, 6.07) is 5.28. The van der Waals surface area contributed by atoms with Crippen molar-refractivity contribution < 1.29 is 23.7 Å². The van der Waals surface area contributed by atoms with Gasteiger partial charge in [0.15, 0.2) is 11.5 Å². The average Bonchev–Trinajstić information content (AvgIpc) is 3.40. The van der Waals surface area contributed by atoms with Gasteiger partial charge in [-0.25, -0.2) is 4.98 Å². The van der Waals surface area contributed by atoms with Gasteiger partial charge in [0.1, 0.15) is 11.8 Å². The molecule has 1 aromatic carbocycles. The first-order valence-corrected chi connectivity index (χ1v) is 9.72. The van der Waals surface area contributed by atoms with Crippen molar-refractivity contribution in [1.82, 2.24) is 20.1 Å². The topological polar surface area (TPSA) is 98.8 Å². The SMILES string of the molecule is COc1cc(-c2cc(C(=O)N3CC(Oc4nccs4)C3)[nH]n2)cc(OC)c1OC. The number of carbonyl (C=O) groups is 1. The molecule has 10 heteroatoms. The molecule has 1 aliphatic heterocycles. The molecule has 152 valence electrons. The zero-order chi connectivity index (χ0) is 20.4. The van der Waals surface area contributed by atoms with Crippen LogP contribution in [0.15, 0.2) is 29.8 Å². The fraction of sp³-hybridized carbons (Fsp3) is 0.316. The first-order valence-electron chi connectivity index (χ1n) is 8.84. The lowest BCUT2D eigenvalue weighted by molar-refractivity contribution is 0.0172. The Kier molecular flexibility index (Phi) is 5.26. The Bertz CT molecular complexity index is 973. The Morgan fingerprint density at radius 2 is 1.86 bits per heavy atom. The molecule has 4 rings (SSSR count). The monoisotopic (exact) mass is 416 g/mol. The van der Waals surface area contributed by atoms with E-state index in [-0.39, 0.29) is 12.0 Å². The van der Waals surface area contributed by atoms with Crippen LogP contribution in [0, 0.1) is 0 Å². The summed E-state index contributed by atoms with van der Waals surface area (Å²) in [5.74, 6) is 1.40. The molecule has 3 aromatic rings. The Balaban J connectivity index is 1.47. The van der Waals surface area contributed by atoms with Crippen LogP contribution in [0.25, 0.3) is 11.3 Å². The molecule has 0 aliphatic carbocycles. The molecular formula is C19H20N4O5S. The standard InChI is InChI=1S/C19H20N4O5S/c1-25-15-6-11(7-16(26-2)17(15)27-3)13-8-14(22-21-13)18(24)23-9-12(10-23)28-19-20-4-5-29-19/h4-8,12H,9-10H2,1-3H3,(H,21,22). The van der Waals surface area contributed by atoms with Crippen molar-refractivity contribution in [2.24, 2.45) is 0 Å². The van der Waals surface area contributed by atoms with Gasteiger partial charge in [-0.2, -0.15) is 5.10 Å². The van der Waals surface area contributed by atoms with Gasteiger partial charge in [-0.1, -0.05) is 11.3 Å². The maximum absolute atomic E-state index is 12.7. The molecule has 3 heterocycles. The van der Waals surface area contributed by atoms with Crippen molar-refractivity contribution >= 4 is 17.2 Å². The molecule has 1 amide bonds. The minimum Gasteiger partial charge on any atom is -0.493 e. The van der Waals surface area contributed by atoms with Crippen LogP contribution < -0.4 is 18.9 Å². The summed E-state index contributed by atoms with van der Waals surface area (Å²) in [6.07, 6.45) is 1.65. The van der Waals surface area contributed by atoms with Crippen LogP contribution in [-0.2, 0) is 0 Å². The summed E-state index contributed by atoms with van der Waals surface area (Å²) in [6.45, 7) is 1.02. The number of carbonyl (C=O) groups excluding carboxylic acids is 1. The Morgan fingerprint density at radius 1 is 1.14 bits per heavy atom. The van der Waals surface area contributed by atoms with Gasteiger partial charge in [0, 0.05) is 17.1 Å². The van der Waals surface area contributed by atoms with Crippen LogP contribution in [0.3, 0.4) is 0 Å². The number of amides is 1. The zero-order valence-corrected chi connectivity index (χ0v) is 17.0.